The molecule has 0 radical (unpaired) electrons. The van der Waals surface area contributed by atoms with Gasteiger partial charge in [0.2, 0.25) is 0 Å². The SMILES string of the molecule is O=S(=O)(O)C(F)(F)C(F)(F)C(F)(F)C(F)(F)C(F)(F)C(F)(F)C(F)(F)C(F)(F)C(F)(F)F.[KH]. The molecule has 0 amide bonds. The van der Waals surface area contributed by atoms with Gasteiger partial charge in [-0.25, -0.2) is 0 Å². The summed E-state index contributed by atoms with van der Waals surface area (Å²) in [4.78, 5) is 0. The third-order valence-corrected chi connectivity index (χ3v) is 4.32. The monoisotopic (exact) mass is 590 g/mol. The zero-order valence-electron chi connectivity index (χ0n) is 13.4. The Morgan fingerprint density at radius 1 is 0.394 bits per heavy atom. The summed E-state index contributed by atoms with van der Waals surface area (Å²) < 4.78 is 270. The summed E-state index contributed by atoms with van der Waals surface area (Å²) in [5.41, 5.74) is 0. The van der Waals surface area contributed by atoms with Crippen LogP contribution in [0, 0.1) is 0 Å². The number of halogens is 19. The normalized spacial score (nSPS) is 16.5. The Kier molecular flexibility index (Phi) is 9.28. The molecule has 0 atom stereocenters. The first-order chi connectivity index (χ1) is 13.2. The maximum absolute atomic E-state index is 13.2. The summed E-state index contributed by atoms with van der Waals surface area (Å²) in [6, 6.07) is 0. The van der Waals surface area contributed by atoms with Gasteiger partial charge in [0, 0.05) is 0 Å². The van der Waals surface area contributed by atoms with E-state index in [1.54, 1.807) is 0 Å². The number of alkyl halides is 19. The molecule has 0 aliphatic heterocycles. The Balaban J connectivity index is 0. The molecule has 0 unspecified atom stereocenters. The maximum atomic E-state index is 13.2. The van der Waals surface area contributed by atoms with Crippen LogP contribution in [-0.4, -0.2) is 117 Å². The van der Waals surface area contributed by atoms with Crippen molar-refractivity contribution < 1.29 is 96.4 Å². The van der Waals surface area contributed by atoms with Crippen LogP contribution in [0.4, 0.5) is 83.4 Å². The van der Waals surface area contributed by atoms with Crippen LogP contribution in [0.2, 0.25) is 0 Å². The zero-order chi connectivity index (χ0) is 27.0. The van der Waals surface area contributed by atoms with Crippen LogP contribution in [0.15, 0.2) is 0 Å². The van der Waals surface area contributed by atoms with Crippen molar-refractivity contribution in [3.63, 3.8) is 0 Å². The molecule has 0 saturated heterocycles. The fraction of sp³-hybridized carbons (Fsp3) is 1.00. The summed E-state index contributed by atoms with van der Waals surface area (Å²) in [7, 11) is -8.00. The molecule has 0 heterocycles. The number of hydrogen-bond acceptors (Lipinski definition) is 2. The Labute approximate surface area is 209 Å². The van der Waals surface area contributed by atoms with Crippen molar-refractivity contribution in [3.8, 4) is 0 Å². The molecule has 1 N–H and O–H groups in total. The first-order valence-electron chi connectivity index (χ1n) is 6.31. The molecule has 0 aromatic rings. The standard InChI is InChI=1S/C9HF19O3S.K.H/c10-1(11,2(12,13)4(16,17)6(20,21)8(24,25)26)3(14,15)5(18,19)7(22,23)9(27,28)32(29,30)31;;/h(H,29,30,31);;. The van der Waals surface area contributed by atoms with Gasteiger partial charge in [-0.15, -0.1) is 0 Å². The fourth-order valence-electron chi connectivity index (χ4n) is 1.51. The van der Waals surface area contributed by atoms with Crippen molar-refractivity contribution in [3.05, 3.63) is 0 Å². The summed E-state index contributed by atoms with van der Waals surface area (Å²) in [5.74, 6) is -62.2. The molecule has 0 aromatic carbocycles. The third-order valence-electron chi connectivity index (χ3n) is 3.41. The van der Waals surface area contributed by atoms with Gasteiger partial charge in [0.1, 0.15) is 0 Å². The van der Waals surface area contributed by atoms with Crippen molar-refractivity contribution in [1.29, 1.82) is 0 Å². The van der Waals surface area contributed by atoms with E-state index in [1.165, 1.54) is 0 Å². The zero-order valence-corrected chi connectivity index (χ0v) is 14.2. The minimum absolute atomic E-state index is 0. The topological polar surface area (TPSA) is 54.4 Å². The average Bonchev–Trinajstić information content (AvgIpc) is 2.51. The van der Waals surface area contributed by atoms with Crippen LogP contribution in [-0.2, 0) is 10.1 Å². The van der Waals surface area contributed by atoms with E-state index in [2.05, 4.69) is 0 Å². The van der Waals surface area contributed by atoms with Gasteiger partial charge in [0.25, 0.3) is 0 Å². The van der Waals surface area contributed by atoms with Gasteiger partial charge >= 0.3 is 114 Å². The van der Waals surface area contributed by atoms with Gasteiger partial charge in [0.15, 0.2) is 0 Å². The van der Waals surface area contributed by atoms with E-state index in [0.717, 1.165) is 0 Å². The predicted molar refractivity (Wildman–Crippen MR) is 64.3 cm³/mol. The molecule has 0 aliphatic rings. The van der Waals surface area contributed by atoms with Crippen LogP contribution in [0.25, 0.3) is 0 Å². The van der Waals surface area contributed by atoms with E-state index >= 15 is 0 Å². The first kappa shape index (κ1) is 35.4. The van der Waals surface area contributed by atoms with E-state index in [9.17, 15) is 91.8 Å². The Morgan fingerprint density at radius 2 is 0.576 bits per heavy atom. The second-order valence-electron chi connectivity index (χ2n) is 5.51. The molecular weight excluding hydrogens is 588 g/mol. The predicted octanol–water partition coefficient (Wildman–Crippen LogP) is 4.83. The van der Waals surface area contributed by atoms with Crippen molar-refractivity contribution in [2.24, 2.45) is 0 Å². The molecule has 3 nitrogen and oxygen atoms in total. The van der Waals surface area contributed by atoms with Gasteiger partial charge in [-0.05, 0) is 0 Å². The Hall–Kier alpha value is 0.216. The van der Waals surface area contributed by atoms with Gasteiger partial charge < -0.3 is 0 Å². The van der Waals surface area contributed by atoms with Gasteiger partial charge in [-0.2, -0.15) is 91.8 Å². The van der Waals surface area contributed by atoms with Crippen LogP contribution in [0.1, 0.15) is 0 Å². The third kappa shape index (κ3) is 4.46. The number of hydrogen-bond donors (Lipinski definition) is 1. The second-order valence-corrected chi connectivity index (χ2v) is 6.97. The molecule has 0 aliphatic carbocycles. The molecule has 196 valence electrons. The van der Waals surface area contributed by atoms with Gasteiger partial charge in [-0.1, -0.05) is 0 Å². The quantitative estimate of drug-likeness (QED) is 0.251. The molecule has 0 saturated carbocycles. The van der Waals surface area contributed by atoms with Crippen molar-refractivity contribution >= 4 is 61.5 Å². The van der Waals surface area contributed by atoms with Crippen LogP contribution in [0.3, 0.4) is 0 Å². The summed E-state index contributed by atoms with van der Waals surface area (Å²) in [6.45, 7) is 0. The summed E-state index contributed by atoms with van der Waals surface area (Å²) in [6.07, 6.45) is -7.99. The van der Waals surface area contributed by atoms with Crippen molar-refractivity contribution in [2.75, 3.05) is 0 Å². The summed E-state index contributed by atoms with van der Waals surface area (Å²) in [5, 5.41) is -7.96. The molecular formula is C9H2F19KO3S. The van der Waals surface area contributed by atoms with E-state index < -0.39 is 63.0 Å². The van der Waals surface area contributed by atoms with Crippen LogP contribution in [0.5, 0.6) is 0 Å². The fourth-order valence-corrected chi connectivity index (χ4v) is 1.96. The molecule has 0 fully saturated rings. The van der Waals surface area contributed by atoms with Gasteiger partial charge in [-0.3, -0.25) is 4.55 Å². The van der Waals surface area contributed by atoms with E-state index in [4.69, 9.17) is 4.55 Å². The molecule has 0 spiro atoms. The number of rotatable bonds is 8. The molecule has 0 rings (SSSR count). The summed E-state index contributed by atoms with van der Waals surface area (Å²) >= 11 is 0. The van der Waals surface area contributed by atoms with Gasteiger partial charge in [0.05, 0.1) is 0 Å². The van der Waals surface area contributed by atoms with E-state index in [1.807, 2.05) is 0 Å². The first-order valence-corrected chi connectivity index (χ1v) is 7.75. The van der Waals surface area contributed by atoms with Crippen LogP contribution < -0.4 is 0 Å². The van der Waals surface area contributed by atoms with E-state index in [-0.39, 0.29) is 51.4 Å². The molecule has 0 aromatic heterocycles. The van der Waals surface area contributed by atoms with Crippen molar-refractivity contribution in [2.45, 2.75) is 52.9 Å². The van der Waals surface area contributed by atoms with E-state index in [0.29, 0.717) is 0 Å². The van der Waals surface area contributed by atoms with Crippen LogP contribution >= 0.6 is 0 Å². The Bertz CT molecular complexity index is 828. The second kappa shape index (κ2) is 8.66. The molecule has 0 bridgehead atoms. The molecule has 33 heavy (non-hydrogen) atoms. The Morgan fingerprint density at radius 3 is 0.758 bits per heavy atom. The molecule has 24 heteroatoms. The minimum atomic E-state index is -9.15. The van der Waals surface area contributed by atoms with Crippen molar-refractivity contribution in [1.82, 2.24) is 0 Å². The average molecular weight is 590 g/mol.